The van der Waals surface area contributed by atoms with Crippen LogP contribution in [0.5, 0.6) is 0 Å². The zero-order valence-corrected chi connectivity index (χ0v) is 20.5. The number of benzene rings is 1. The van der Waals surface area contributed by atoms with E-state index in [0.717, 1.165) is 78.0 Å². The van der Waals surface area contributed by atoms with Crippen molar-refractivity contribution in [3.63, 3.8) is 0 Å². The number of nitrogens with one attached hydrogen (secondary N) is 2. The SMILES string of the molecule is CCCCOCCCNC(=NCc1ccccc1CN1CCOCC1)NCC.I. The highest BCUT2D eigenvalue weighted by molar-refractivity contribution is 14.0. The molecule has 1 aromatic carbocycles. The number of rotatable bonds is 12. The summed E-state index contributed by atoms with van der Waals surface area (Å²) >= 11 is 0. The molecular formula is C22H39IN4O2. The average molecular weight is 518 g/mol. The second kappa shape index (κ2) is 16.8. The van der Waals surface area contributed by atoms with Crippen LogP contribution in [0.25, 0.3) is 0 Å². The highest BCUT2D eigenvalue weighted by Crippen LogP contribution is 2.14. The molecule has 7 heteroatoms. The Hall–Kier alpha value is -0.900. The Kier molecular flexibility index (Phi) is 15.2. The zero-order valence-electron chi connectivity index (χ0n) is 18.1. The lowest BCUT2D eigenvalue weighted by atomic mass is 10.1. The molecule has 1 aromatic rings. The van der Waals surface area contributed by atoms with E-state index in [0.29, 0.717) is 6.54 Å². The van der Waals surface area contributed by atoms with Crippen molar-refractivity contribution in [1.82, 2.24) is 15.5 Å². The summed E-state index contributed by atoms with van der Waals surface area (Å²) in [4.78, 5) is 7.25. The van der Waals surface area contributed by atoms with E-state index in [9.17, 15) is 0 Å². The first-order valence-corrected chi connectivity index (χ1v) is 10.8. The molecule has 29 heavy (non-hydrogen) atoms. The van der Waals surface area contributed by atoms with Crippen molar-refractivity contribution >= 4 is 29.9 Å². The fourth-order valence-corrected chi connectivity index (χ4v) is 3.10. The molecule has 166 valence electrons. The van der Waals surface area contributed by atoms with Crippen LogP contribution in [0.1, 0.15) is 44.2 Å². The molecule has 1 fully saturated rings. The lowest BCUT2D eigenvalue weighted by molar-refractivity contribution is 0.0341. The minimum absolute atomic E-state index is 0. The van der Waals surface area contributed by atoms with Gasteiger partial charge in [0.25, 0.3) is 0 Å². The van der Waals surface area contributed by atoms with Gasteiger partial charge in [-0.25, -0.2) is 4.99 Å². The van der Waals surface area contributed by atoms with Crippen LogP contribution in [0, 0.1) is 0 Å². The van der Waals surface area contributed by atoms with Gasteiger partial charge in [0.2, 0.25) is 0 Å². The highest BCUT2D eigenvalue weighted by atomic mass is 127. The molecule has 0 bridgehead atoms. The average Bonchev–Trinajstić information content (AvgIpc) is 2.73. The molecule has 0 unspecified atom stereocenters. The van der Waals surface area contributed by atoms with Crippen molar-refractivity contribution < 1.29 is 9.47 Å². The van der Waals surface area contributed by atoms with Crippen molar-refractivity contribution in [3.8, 4) is 0 Å². The maximum Gasteiger partial charge on any atom is 0.191 e. The van der Waals surface area contributed by atoms with E-state index in [-0.39, 0.29) is 24.0 Å². The van der Waals surface area contributed by atoms with E-state index in [2.05, 4.69) is 53.6 Å². The quantitative estimate of drug-likeness (QED) is 0.192. The van der Waals surface area contributed by atoms with Crippen LogP contribution >= 0.6 is 24.0 Å². The fourth-order valence-electron chi connectivity index (χ4n) is 3.10. The maximum atomic E-state index is 5.62. The molecule has 1 aliphatic heterocycles. The van der Waals surface area contributed by atoms with Gasteiger partial charge in [-0.2, -0.15) is 0 Å². The second-order valence-electron chi connectivity index (χ2n) is 7.10. The number of hydrogen-bond donors (Lipinski definition) is 2. The minimum Gasteiger partial charge on any atom is -0.381 e. The van der Waals surface area contributed by atoms with Gasteiger partial charge >= 0.3 is 0 Å². The molecule has 0 aliphatic carbocycles. The monoisotopic (exact) mass is 518 g/mol. The van der Waals surface area contributed by atoms with Crippen LogP contribution in [-0.2, 0) is 22.6 Å². The third-order valence-corrected chi connectivity index (χ3v) is 4.77. The van der Waals surface area contributed by atoms with Crippen molar-refractivity contribution in [1.29, 1.82) is 0 Å². The third kappa shape index (κ3) is 11.2. The van der Waals surface area contributed by atoms with Gasteiger partial charge in [-0.1, -0.05) is 37.6 Å². The van der Waals surface area contributed by atoms with Crippen LogP contribution < -0.4 is 10.6 Å². The van der Waals surface area contributed by atoms with Gasteiger partial charge in [-0.3, -0.25) is 4.90 Å². The van der Waals surface area contributed by atoms with E-state index < -0.39 is 0 Å². The highest BCUT2D eigenvalue weighted by Gasteiger charge is 2.12. The zero-order chi connectivity index (χ0) is 19.9. The van der Waals surface area contributed by atoms with Crippen molar-refractivity contribution in [2.75, 3.05) is 52.6 Å². The van der Waals surface area contributed by atoms with Gasteiger partial charge in [0.1, 0.15) is 0 Å². The first-order chi connectivity index (χ1) is 13.8. The molecular weight excluding hydrogens is 479 g/mol. The summed E-state index contributed by atoms with van der Waals surface area (Å²) in [6.07, 6.45) is 3.31. The van der Waals surface area contributed by atoms with Gasteiger partial charge in [-0.15, -0.1) is 24.0 Å². The summed E-state index contributed by atoms with van der Waals surface area (Å²) in [5.74, 6) is 0.872. The van der Waals surface area contributed by atoms with Crippen LogP contribution in [-0.4, -0.2) is 63.5 Å². The number of hydrogen-bond acceptors (Lipinski definition) is 4. The first kappa shape index (κ1) is 26.1. The Morgan fingerprint density at radius 2 is 1.79 bits per heavy atom. The van der Waals surface area contributed by atoms with Gasteiger partial charge in [0.15, 0.2) is 5.96 Å². The molecule has 6 nitrogen and oxygen atoms in total. The Balaban J connectivity index is 0.00000420. The number of halogens is 1. The summed E-state index contributed by atoms with van der Waals surface area (Å²) < 4.78 is 11.1. The van der Waals surface area contributed by atoms with E-state index >= 15 is 0 Å². The molecule has 0 amide bonds. The van der Waals surface area contributed by atoms with Crippen molar-refractivity contribution in [2.45, 2.75) is 46.2 Å². The predicted molar refractivity (Wildman–Crippen MR) is 131 cm³/mol. The molecule has 2 N–H and O–H groups in total. The summed E-state index contributed by atoms with van der Waals surface area (Å²) in [6.45, 7) is 13.0. The largest absolute Gasteiger partial charge is 0.381 e. The van der Waals surface area contributed by atoms with Crippen LogP contribution in [0.3, 0.4) is 0 Å². The third-order valence-electron chi connectivity index (χ3n) is 4.77. The summed E-state index contributed by atoms with van der Waals surface area (Å²) in [6, 6.07) is 8.62. The van der Waals surface area contributed by atoms with E-state index in [1.165, 1.54) is 17.5 Å². The smallest absolute Gasteiger partial charge is 0.191 e. The Morgan fingerprint density at radius 3 is 2.52 bits per heavy atom. The van der Waals surface area contributed by atoms with Crippen molar-refractivity contribution in [3.05, 3.63) is 35.4 Å². The van der Waals surface area contributed by atoms with Gasteiger partial charge in [0, 0.05) is 45.9 Å². The van der Waals surface area contributed by atoms with E-state index in [1.54, 1.807) is 0 Å². The first-order valence-electron chi connectivity index (χ1n) is 10.8. The molecule has 0 aromatic heterocycles. The summed E-state index contributed by atoms with van der Waals surface area (Å²) in [5.41, 5.74) is 2.64. The number of unbranched alkanes of at least 4 members (excludes halogenated alkanes) is 1. The number of guanidine groups is 1. The number of nitrogens with zero attached hydrogens (tertiary/aromatic N) is 2. The van der Waals surface area contributed by atoms with Gasteiger partial charge in [-0.05, 0) is 30.9 Å². The van der Waals surface area contributed by atoms with Crippen molar-refractivity contribution in [2.24, 2.45) is 4.99 Å². The normalized spacial score (nSPS) is 15.0. The molecule has 0 spiro atoms. The molecule has 1 aliphatic rings. The Labute approximate surface area is 193 Å². The summed E-state index contributed by atoms with van der Waals surface area (Å²) in [7, 11) is 0. The number of morpholine rings is 1. The number of ether oxygens (including phenoxy) is 2. The number of aliphatic imine (C=N–C) groups is 1. The molecule has 0 atom stereocenters. The molecule has 0 radical (unpaired) electrons. The minimum atomic E-state index is 0. The lowest BCUT2D eigenvalue weighted by Gasteiger charge is -2.27. The standard InChI is InChI=1S/C22H38N4O2.HI/c1-3-5-14-27-15-8-11-24-22(23-4-2)25-18-20-9-6-7-10-21(20)19-26-12-16-28-17-13-26;/h6-7,9-10H,3-5,8,11-19H2,1-2H3,(H2,23,24,25);1H. The molecule has 2 rings (SSSR count). The second-order valence-corrected chi connectivity index (χ2v) is 7.10. The maximum absolute atomic E-state index is 5.62. The van der Waals surface area contributed by atoms with Gasteiger partial charge < -0.3 is 20.1 Å². The Morgan fingerprint density at radius 1 is 1.07 bits per heavy atom. The summed E-state index contributed by atoms with van der Waals surface area (Å²) in [5, 5.41) is 6.75. The lowest BCUT2D eigenvalue weighted by Crippen LogP contribution is -2.38. The van der Waals surface area contributed by atoms with Crippen LogP contribution in [0.4, 0.5) is 0 Å². The molecule has 1 heterocycles. The molecule has 0 saturated carbocycles. The van der Waals surface area contributed by atoms with E-state index in [4.69, 9.17) is 14.5 Å². The van der Waals surface area contributed by atoms with E-state index in [1.807, 2.05) is 0 Å². The van der Waals surface area contributed by atoms with Crippen LogP contribution in [0.15, 0.2) is 29.3 Å². The molecule has 1 saturated heterocycles. The fraction of sp³-hybridized carbons (Fsp3) is 0.682. The Bertz CT molecular complexity index is 565. The topological polar surface area (TPSA) is 58.1 Å². The van der Waals surface area contributed by atoms with Gasteiger partial charge in [0.05, 0.1) is 19.8 Å². The van der Waals surface area contributed by atoms with Crippen LogP contribution in [0.2, 0.25) is 0 Å². The predicted octanol–water partition coefficient (Wildman–Crippen LogP) is 3.40.